The Morgan fingerprint density at radius 2 is 1.88 bits per heavy atom. The van der Waals surface area contributed by atoms with Crippen LogP contribution < -0.4 is 9.47 Å². The van der Waals surface area contributed by atoms with Crippen LogP contribution in [0.5, 0.6) is 11.5 Å². The number of methoxy groups -OCH3 is 1. The van der Waals surface area contributed by atoms with Crippen molar-refractivity contribution in [3.8, 4) is 11.5 Å². The molecule has 1 aliphatic heterocycles. The van der Waals surface area contributed by atoms with Crippen molar-refractivity contribution >= 4 is 12.1 Å². The van der Waals surface area contributed by atoms with Gasteiger partial charge >= 0.3 is 12.1 Å². The maximum Gasteiger partial charge on any atom is 0.407 e. The van der Waals surface area contributed by atoms with E-state index < -0.39 is 24.2 Å². The fourth-order valence-electron chi connectivity index (χ4n) is 3.85. The molecule has 1 fully saturated rings. The number of aliphatic hydroxyl groups is 1. The Bertz CT molecular complexity index is 980. The second-order valence-corrected chi connectivity index (χ2v) is 8.29. The van der Waals surface area contributed by atoms with Crippen LogP contribution in [-0.4, -0.2) is 72.3 Å². The molecular formula is C25H31NO8. The first-order valence-corrected chi connectivity index (χ1v) is 11.1. The maximum atomic E-state index is 12.5. The Morgan fingerprint density at radius 3 is 2.53 bits per heavy atom. The number of likely N-dealkylation sites (tertiary alicyclic amines) is 1. The Balaban J connectivity index is 1.74. The Kier molecular flexibility index (Phi) is 8.72. The molecule has 2 aromatic rings. The van der Waals surface area contributed by atoms with Crippen LogP contribution >= 0.6 is 0 Å². The van der Waals surface area contributed by atoms with Gasteiger partial charge in [0.15, 0.2) is 0 Å². The van der Waals surface area contributed by atoms with Crippen molar-refractivity contribution < 1.29 is 38.7 Å². The minimum absolute atomic E-state index is 0.0277. The van der Waals surface area contributed by atoms with E-state index in [2.05, 4.69) is 0 Å². The van der Waals surface area contributed by atoms with Gasteiger partial charge in [0.1, 0.15) is 29.8 Å². The molecule has 0 saturated carbocycles. The smallest absolute Gasteiger partial charge is 0.407 e. The lowest BCUT2D eigenvalue weighted by atomic mass is 10.1. The summed E-state index contributed by atoms with van der Waals surface area (Å²) in [5.41, 5.74) is 1.87. The normalized spacial score (nSPS) is 18.4. The molecule has 0 bridgehead atoms. The van der Waals surface area contributed by atoms with E-state index in [0.717, 1.165) is 11.1 Å². The summed E-state index contributed by atoms with van der Waals surface area (Å²) in [4.78, 5) is 25.6. The summed E-state index contributed by atoms with van der Waals surface area (Å²) in [6.07, 6.45) is -1.41. The van der Waals surface area contributed by atoms with Crippen molar-refractivity contribution in [2.75, 3.05) is 26.9 Å². The summed E-state index contributed by atoms with van der Waals surface area (Å²) in [6.45, 7) is 3.90. The fraction of sp³-hybridized carbons (Fsp3) is 0.440. The standard InChI is InChI=1S/C25H31NO8/c1-16-9-21(23(24(28)31-3)22(10-16)34-17(2)13-27)33-15-19-11-20(12-26(19)25(29)30)32-14-18-7-5-4-6-8-18/h4-10,17,19-20,27H,11-15H2,1-3H3,(H,29,30)/t17-,19-,20+/m1/s1. The Labute approximate surface area is 198 Å². The molecule has 0 aromatic heterocycles. The topological polar surface area (TPSA) is 115 Å². The predicted molar refractivity (Wildman–Crippen MR) is 123 cm³/mol. The van der Waals surface area contributed by atoms with Crippen LogP contribution in [0.25, 0.3) is 0 Å². The summed E-state index contributed by atoms with van der Waals surface area (Å²) in [5.74, 6) is -0.194. The van der Waals surface area contributed by atoms with Gasteiger partial charge in [-0.3, -0.25) is 4.90 Å². The quantitative estimate of drug-likeness (QED) is 0.506. The van der Waals surface area contributed by atoms with E-state index in [0.29, 0.717) is 13.0 Å². The molecule has 0 radical (unpaired) electrons. The summed E-state index contributed by atoms with van der Waals surface area (Å²) < 4.78 is 22.5. The number of hydrogen-bond acceptors (Lipinski definition) is 7. The van der Waals surface area contributed by atoms with Crippen LogP contribution in [0.1, 0.15) is 34.8 Å². The highest BCUT2D eigenvalue weighted by Gasteiger charge is 2.37. The molecule has 0 spiro atoms. The number of aliphatic hydroxyl groups excluding tert-OH is 1. The van der Waals surface area contributed by atoms with Gasteiger partial charge in [0.25, 0.3) is 0 Å². The minimum atomic E-state index is -1.06. The lowest BCUT2D eigenvalue weighted by Gasteiger charge is -2.23. The van der Waals surface area contributed by atoms with Crippen molar-refractivity contribution in [2.45, 2.75) is 45.1 Å². The van der Waals surface area contributed by atoms with Crippen LogP contribution in [0.3, 0.4) is 0 Å². The van der Waals surface area contributed by atoms with Gasteiger partial charge in [0.05, 0.1) is 39.0 Å². The maximum absolute atomic E-state index is 12.5. The molecule has 0 unspecified atom stereocenters. The molecule has 9 heteroatoms. The largest absolute Gasteiger partial charge is 0.490 e. The van der Waals surface area contributed by atoms with E-state index in [9.17, 15) is 19.8 Å². The first-order valence-electron chi connectivity index (χ1n) is 11.1. The average Bonchev–Trinajstić information content (AvgIpc) is 3.25. The molecule has 2 N–H and O–H groups in total. The van der Waals surface area contributed by atoms with E-state index in [4.69, 9.17) is 18.9 Å². The number of hydrogen-bond donors (Lipinski definition) is 2. The van der Waals surface area contributed by atoms with Crippen molar-refractivity contribution in [3.63, 3.8) is 0 Å². The highest BCUT2D eigenvalue weighted by atomic mass is 16.5. The van der Waals surface area contributed by atoms with Crippen molar-refractivity contribution in [2.24, 2.45) is 0 Å². The summed E-state index contributed by atoms with van der Waals surface area (Å²) in [7, 11) is 1.25. The Morgan fingerprint density at radius 1 is 1.18 bits per heavy atom. The van der Waals surface area contributed by atoms with Gasteiger partial charge in [-0.05, 0) is 43.5 Å². The zero-order valence-corrected chi connectivity index (χ0v) is 19.6. The van der Waals surface area contributed by atoms with Crippen LogP contribution in [0.2, 0.25) is 0 Å². The third kappa shape index (κ3) is 6.39. The van der Waals surface area contributed by atoms with E-state index in [1.807, 2.05) is 37.3 Å². The monoisotopic (exact) mass is 473 g/mol. The third-order valence-corrected chi connectivity index (χ3v) is 5.57. The van der Waals surface area contributed by atoms with Crippen molar-refractivity contribution in [3.05, 3.63) is 59.2 Å². The summed E-state index contributed by atoms with van der Waals surface area (Å²) in [5, 5.41) is 19.0. The zero-order chi connectivity index (χ0) is 24.7. The molecule has 1 amide bonds. The SMILES string of the molecule is COC(=O)c1c(OC[C@H]2C[C@H](OCc3ccccc3)CN2C(=O)O)cc(C)cc1O[C@H](C)CO. The number of aryl methyl sites for hydroxylation is 1. The highest BCUT2D eigenvalue weighted by molar-refractivity contribution is 5.95. The lowest BCUT2D eigenvalue weighted by Crippen LogP contribution is -2.38. The molecule has 2 aromatic carbocycles. The van der Waals surface area contributed by atoms with Gasteiger partial charge in [-0.2, -0.15) is 0 Å². The van der Waals surface area contributed by atoms with E-state index >= 15 is 0 Å². The molecule has 9 nitrogen and oxygen atoms in total. The summed E-state index contributed by atoms with van der Waals surface area (Å²) >= 11 is 0. The third-order valence-electron chi connectivity index (χ3n) is 5.57. The molecule has 1 saturated heterocycles. The Hall–Kier alpha value is -3.30. The van der Waals surface area contributed by atoms with Gasteiger partial charge in [-0.25, -0.2) is 9.59 Å². The lowest BCUT2D eigenvalue weighted by molar-refractivity contribution is 0.0465. The number of benzene rings is 2. The highest BCUT2D eigenvalue weighted by Crippen LogP contribution is 2.33. The molecule has 3 atom stereocenters. The minimum Gasteiger partial charge on any atom is -0.490 e. The predicted octanol–water partition coefficient (Wildman–Crippen LogP) is 3.26. The van der Waals surface area contributed by atoms with Crippen LogP contribution in [0, 0.1) is 6.92 Å². The number of ether oxygens (including phenoxy) is 4. The van der Waals surface area contributed by atoms with Gasteiger partial charge in [-0.15, -0.1) is 0 Å². The van der Waals surface area contributed by atoms with Gasteiger partial charge in [0.2, 0.25) is 0 Å². The van der Waals surface area contributed by atoms with E-state index in [1.54, 1.807) is 19.1 Å². The van der Waals surface area contributed by atoms with Gasteiger partial charge < -0.3 is 29.2 Å². The van der Waals surface area contributed by atoms with Gasteiger partial charge in [-0.1, -0.05) is 30.3 Å². The second-order valence-electron chi connectivity index (χ2n) is 8.29. The number of carbonyl (C=O) groups excluding carboxylic acids is 1. The number of rotatable bonds is 10. The van der Waals surface area contributed by atoms with Crippen molar-refractivity contribution in [1.29, 1.82) is 0 Å². The zero-order valence-electron chi connectivity index (χ0n) is 19.6. The van der Waals surface area contributed by atoms with E-state index in [-0.39, 0.29) is 42.9 Å². The fourth-order valence-corrected chi connectivity index (χ4v) is 3.85. The number of nitrogens with zero attached hydrogens (tertiary/aromatic N) is 1. The molecule has 34 heavy (non-hydrogen) atoms. The first kappa shape index (κ1) is 25.3. The average molecular weight is 474 g/mol. The first-order chi connectivity index (χ1) is 16.3. The summed E-state index contributed by atoms with van der Waals surface area (Å²) in [6, 6.07) is 12.6. The molecule has 0 aliphatic carbocycles. The van der Waals surface area contributed by atoms with Gasteiger partial charge in [0, 0.05) is 0 Å². The van der Waals surface area contributed by atoms with Crippen LogP contribution in [0.4, 0.5) is 4.79 Å². The van der Waals surface area contributed by atoms with E-state index in [1.165, 1.54) is 12.0 Å². The second kappa shape index (κ2) is 11.7. The molecule has 1 heterocycles. The molecule has 1 aliphatic rings. The number of carbonyl (C=O) groups is 2. The molecule has 3 rings (SSSR count). The number of esters is 1. The molecular weight excluding hydrogens is 442 g/mol. The van der Waals surface area contributed by atoms with Crippen molar-refractivity contribution in [1.82, 2.24) is 4.90 Å². The number of carboxylic acid groups (broad SMARTS) is 1. The molecule has 184 valence electrons. The van der Waals surface area contributed by atoms with Crippen LogP contribution in [0.15, 0.2) is 42.5 Å². The van der Waals surface area contributed by atoms with Crippen LogP contribution in [-0.2, 0) is 16.1 Å². The number of amides is 1.